The lowest BCUT2D eigenvalue weighted by molar-refractivity contribution is -0.154. The summed E-state index contributed by atoms with van der Waals surface area (Å²) in [6.45, 7) is 7.44. The number of methoxy groups -OCH3 is 1. The molecular formula is C40H44O5. The molecule has 1 aliphatic rings. The van der Waals surface area contributed by atoms with Gasteiger partial charge in [-0.2, -0.15) is 0 Å². The van der Waals surface area contributed by atoms with Crippen molar-refractivity contribution in [3.05, 3.63) is 136 Å². The van der Waals surface area contributed by atoms with Crippen molar-refractivity contribution in [1.29, 1.82) is 0 Å². The number of carbonyl (C=O) groups excluding carboxylic acids is 1. The van der Waals surface area contributed by atoms with E-state index in [2.05, 4.69) is 92.7 Å². The molecule has 0 heterocycles. The maximum atomic E-state index is 12.1. The summed E-state index contributed by atoms with van der Waals surface area (Å²) in [5.41, 5.74) is 9.62. The van der Waals surface area contributed by atoms with E-state index in [0.717, 1.165) is 29.7 Å². The zero-order chi connectivity index (χ0) is 31.6. The molecule has 0 aliphatic heterocycles. The second kappa shape index (κ2) is 15.7. The van der Waals surface area contributed by atoms with Crippen LogP contribution in [-0.2, 0) is 31.8 Å². The molecule has 4 aromatic carbocycles. The number of hydrogen-bond donors (Lipinski definition) is 0. The predicted octanol–water partition coefficient (Wildman–Crippen LogP) is 8.58. The SMILES string of the molecule is CCCc1ccc2c(c1)C=Cc1cc(C(C)c3ccccc3)ccc1C2OCCOc1ccc(CC(OC)C(=O)OCC)cc1. The van der Waals surface area contributed by atoms with Crippen molar-refractivity contribution >= 4 is 18.1 Å². The molecule has 3 unspecified atom stereocenters. The van der Waals surface area contributed by atoms with Gasteiger partial charge in [0.05, 0.1) is 13.2 Å². The predicted molar refractivity (Wildman–Crippen MR) is 181 cm³/mol. The molecular weight excluding hydrogens is 560 g/mol. The van der Waals surface area contributed by atoms with E-state index in [-0.39, 0.29) is 18.0 Å². The Morgan fingerprint density at radius 1 is 0.778 bits per heavy atom. The third-order valence-electron chi connectivity index (χ3n) is 8.42. The van der Waals surface area contributed by atoms with Gasteiger partial charge in [0, 0.05) is 19.4 Å². The van der Waals surface area contributed by atoms with Crippen LogP contribution in [0.1, 0.15) is 83.7 Å². The largest absolute Gasteiger partial charge is 0.491 e. The number of ether oxygens (including phenoxy) is 4. The van der Waals surface area contributed by atoms with Crippen molar-refractivity contribution in [2.24, 2.45) is 0 Å². The Labute approximate surface area is 267 Å². The summed E-state index contributed by atoms with van der Waals surface area (Å²) in [4.78, 5) is 12.1. The third-order valence-corrected chi connectivity index (χ3v) is 8.42. The summed E-state index contributed by atoms with van der Waals surface area (Å²) in [6, 6.07) is 31.9. The third kappa shape index (κ3) is 8.10. The van der Waals surface area contributed by atoms with Crippen LogP contribution in [0, 0.1) is 0 Å². The zero-order valence-corrected chi connectivity index (χ0v) is 26.8. The zero-order valence-electron chi connectivity index (χ0n) is 26.8. The minimum atomic E-state index is -0.624. The fraction of sp³-hybridized carbons (Fsp3) is 0.325. The Morgan fingerprint density at radius 2 is 1.47 bits per heavy atom. The van der Waals surface area contributed by atoms with Gasteiger partial charge in [-0.3, -0.25) is 0 Å². The summed E-state index contributed by atoms with van der Waals surface area (Å²) in [5.74, 6) is 0.689. The van der Waals surface area contributed by atoms with E-state index in [1.165, 1.54) is 40.5 Å². The number of benzene rings is 4. The van der Waals surface area contributed by atoms with E-state index >= 15 is 0 Å². The van der Waals surface area contributed by atoms with Gasteiger partial charge in [0.2, 0.25) is 0 Å². The molecule has 0 bridgehead atoms. The number of esters is 1. The lowest BCUT2D eigenvalue weighted by Crippen LogP contribution is -2.27. The van der Waals surface area contributed by atoms with Crippen molar-refractivity contribution in [3.8, 4) is 5.75 Å². The van der Waals surface area contributed by atoms with Gasteiger partial charge in [0.25, 0.3) is 0 Å². The molecule has 0 radical (unpaired) electrons. The van der Waals surface area contributed by atoms with Crippen LogP contribution in [0.3, 0.4) is 0 Å². The molecule has 0 saturated carbocycles. The molecule has 45 heavy (non-hydrogen) atoms. The Hall–Kier alpha value is -4.19. The molecule has 0 N–H and O–H groups in total. The van der Waals surface area contributed by atoms with Gasteiger partial charge >= 0.3 is 5.97 Å². The van der Waals surface area contributed by atoms with E-state index < -0.39 is 6.10 Å². The minimum Gasteiger partial charge on any atom is -0.491 e. The molecule has 234 valence electrons. The highest BCUT2D eigenvalue weighted by atomic mass is 16.6. The number of aryl methyl sites for hydroxylation is 1. The maximum Gasteiger partial charge on any atom is 0.335 e. The number of fused-ring (bicyclic) bond motifs is 2. The molecule has 0 fully saturated rings. The van der Waals surface area contributed by atoms with E-state index in [1.54, 1.807) is 6.92 Å². The van der Waals surface area contributed by atoms with Crippen molar-refractivity contribution in [1.82, 2.24) is 0 Å². The molecule has 4 aromatic rings. The van der Waals surface area contributed by atoms with Crippen LogP contribution in [-0.4, -0.2) is 39.0 Å². The Balaban J connectivity index is 1.29. The van der Waals surface area contributed by atoms with Crippen molar-refractivity contribution in [2.45, 2.75) is 58.2 Å². The second-order valence-corrected chi connectivity index (χ2v) is 11.5. The summed E-state index contributed by atoms with van der Waals surface area (Å²) in [5, 5.41) is 0. The lowest BCUT2D eigenvalue weighted by Gasteiger charge is -2.23. The van der Waals surface area contributed by atoms with Gasteiger partial charge in [0.15, 0.2) is 6.10 Å². The van der Waals surface area contributed by atoms with Gasteiger partial charge in [-0.15, -0.1) is 0 Å². The minimum absolute atomic E-state index is 0.207. The number of hydrogen-bond acceptors (Lipinski definition) is 5. The Morgan fingerprint density at radius 3 is 2.16 bits per heavy atom. The van der Waals surface area contributed by atoms with Crippen molar-refractivity contribution < 1.29 is 23.7 Å². The van der Waals surface area contributed by atoms with Crippen molar-refractivity contribution in [2.75, 3.05) is 26.9 Å². The van der Waals surface area contributed by atoms with Crippen LogP contribution in [0.5, 0.6) is 5.75 Å². The first-order chi connectivity index (χ1) is 22.0. The quantitative estimate of drug-likeness (QED) is 0.107. The van der Waals surface area contributed by atoms with E-state index in [9.17, 15) is 4.79 Å². The summed E-state index contributed by atoms with van der Waals surface area (Å²) >= 11 is 0. The first-order valence-corrected chi connectivity index (χ1v) is 16.0. The average Bonchev–Trinajstić information content (AvgIpc) is 3.22. The molecule has 0 spiro atoms. The van der Waals surface area contributed by atoms with Crippen LogP contribution in [0.25, 0.3) is 12.2 Å². The number of rotatable bonds is 14. The van der Waals surface area contributed by atoms with Gasteiger partial charge < -0.3 is 18.9 Å². The van der Waals surface area contributed by atoms with Crippen LogP contribution in [0.4, 0.5) is 0 Å². The van der Waals surface area contributed by atoms with E-state index in [1.807, 2.05) is 24.3 Å². The molecule has 5 nitrogen and oxygen atoms in total. The summed E-state index contributed by atoms with van der Waals surface area (Å²) in [6.07, 6.45) is 6.26. The highest BCUT2D eigenvalue weighted by Gasteiger charge is 2.24. The highest BCUT2D eigenvalue weighted by Crippen LogP contribution is 2.38. The van der Waals surface area contributed by atoms with Gasteiger partial charge in [-0.25, -0.2) is 4.79 Å². The second-order valence-electron chi connectivity index (χ2n) is 11.5. The lowest BCUT2D eigenvalue weighted by atomic mass is 9.89. The molecule has 0 saturated heterocycles. The van der Waals surface area contributed by atoms with Gasteiger partial charge in [-0.05, 0) is 70.0 Å². The van der Waals surface area contributed by atoms with E-state index in [4.69, 9.17) is 18.9 Å². The number of carbonyl (C=O) groups is 1. The first kappa shape index (κ1) is 32.2. The fourth-order valence-corrected chi connectivity index (χ4v) is 5.92. The molecule has 0 aromatic heterocycles. The molecule has 1 aliphatic carbocycles. The van der Waals surface area contributed by atoms with E-state index in [0.29, 0.717) is 26.2 Å². The average molecular weight is 605 g/mol. The Kier molecular flexibility index (Phi) is 11.2. The molecule has 0 amide bonds. The fourth-order valence-electron chi connectivity index (χ4n) is 5.92. The first-order valence-electron chi connectivity index (χ1n) is 16.0. The topological polar surface area (TPSA) is 54.0 Å². The normalized spacial score (nSPS) is 15.0. The van der Waals surface area contributed by atoms with Gasteiger partial charge in [-0.1, -0.05) is 111 Å². The van der Waals surface area contributed by atoms with Crippen LogP contribution in [0.2, 0.25) is 0 Å². The van der Waals surface area contributed by atoms with Gasteiger partial charge in [0.1, 0.15) is 18.5 Å². The molecule has 5 rings (SSSR count). The van der Waals surface area contributed by atoms with Crippen LogP contribution in [0.15, 0.2) is 91.0 Å². The smallest absolute Gasteiger partial charge is 0.335 e. The van der Waals surface area contributed by atoms with Crippen LogP contribution >= 0.6 is 0 Å². The monoisotopic (exact) mass is 604 g/mol. The Bertz CT molecular complexity index is 1570. The standard InChI is InChI=1S/C40H44O5/c1-5-10-29-15-21-36-33(25-29)16-17-34-27-32(28(3)31-11-8-7-9-12-31)18-22-37(34)39(36)45-24-23-44-35-19-13-30(14-20-35)26-38(42-4)40(41)43-6-2/h7-9,11-22,25,27-28,38-39H,5-6,10,23-24,26H2,1-4H3. The molecule has 5 heteroatoms. The summed E-state index contributed by atoms with van der Waals surface area (Å²) in [7, 11) is 1.52. The maximum absolute atomic E-state index is 12.1. The van der Waals surface area contributed by atoms with Crippen molar-refractivity contribution in [3.63, 3.8) is 0 Å². The summed E-state index contributed by atoms with van der Waals surface area (Å²) < 4.78 is 23.1. The van der Waals surface area contributed by atoms with Crippen LogP contribution < -0.4 is 4.74 Å². The highest BCUT2D eigenvalue weighted by molar-refractivity contribution is 5.77. The molecule has 3 atom stereocenters.